The number of nitrogens with one attached hydrogen (secondary N) is 1. The normalized spacial score (nSPS) is 24.1. The molecule has 2 atom stereocenters. The Morgan fingerprint density at radius 1 is 1.00 bits per heavy atom. The van der Waals surface area contributed by atoms with Crippen molar-refractivity contribution in [1.29, 1.82) is 0 Å². The lowest BCUT2D eigenvalue weighted by molar-refractivity contribution is 0.101. The Morgan fingerprint density at radius 2 is 1.64 bits per heavy atom. The van der Waals surface area contributed by atoms with Gasteiger partial charge in [0, 0.05) is 43.5 Å². The lowest BCUT2D eigenvalue weighted by Crippen LogP contribution is -2.54. The molecule has 1 heterocycles. The molecule has 0 radical (unpaired) electrons. The third-order valence-corrected chi connectivity index (χ3v) is 5.63. The molecule has 0 spiro atoms. The molecule has 5 heteroatoms. The van der Waals surface area contributed by atoms with Crippen LogP contribution in [0, 0.1) is 5.92 Å². The molecule has 1 saturated carbocycles. The molecule has 25 heavy (non-hydrogen) atoms. The van der Waals surface area contributed by atoms with Crippen LogP contribution in [0.2, 0.25) is 0 Å². The minimum Gasteiger partial charge on any atom is -0.368 e. The van der Waals surface area contributed by atoms with Crippen LogP contribution < -0.4 is 10.2 Å². The monoisotopic (exact) mass is 343 g/mol. The Labute approximate surface area is 150 Å². The number of nitrogens with zero attached hydrogens (tertiary/aromatic N) is 2. The van der Waals surface area contributed by atoms with Crippen molar-refractivity contribution in [3.05, 3.63) is 29.8 Å². The van der Waals surface area contributed by atoms with E-state index >= 15 is 0 Å². The van der Waals surface area contributed by atoms with Gasteiger partial charge in [0.1, 0.15) is 0 Å². The van der Waals surface area contributed by atoms with E-state index in [1.165, 1.54) is 19.3 Å². The number of hydrogen-bond acceptors (Lipinski definition) is 3. The number of rotatable bonds is 3. The molecule has 0 bridgehead atoms. The van der Waals surface area contributed by atoms with Crippen LogP contribution >= 0.6 is 0 Å². The van der Waals surface area contributed by atoms with Crippen LogP contribution in [0.3, 0.4) is 0 Å². The minimum atomic E-state index is 0.0879. The van der Waals surface area contributed by atoms with Gasteiger partial charge in [0.15, 0.2) is 5.78 Å². The standard InChI is InChI=1S/C20H29N3O2/c1-15-5-3-4-6-19(15)21-20(25)23-13-11-22(12-14-23)18-9-7-17(8-10-18)16(2)24/h7-10,15,19H,3-6,11-14H2,1-2H3,(H,21,25)/t15-,19+/m0/s1. The van der Waals surface area contributed by atoms with Gasteiger partial charge < -0.3 is 15.1 Å². The first-order chi connectivity index (χ1) is 12.0. The van der Waals surface area contributed by atoms with Crippen LogP contribution in [0.25, 0.3) is 0 Å². The summed E-state index contributed by atoms with van der Waals surface area (Å²) in [6.07, 6.45) is 4.83. The van der Waals surface area contributed by atoms with Crippen LogP contribution in [-0.2, 0) is 0 Å². The van der Waals surface area contributed by atoms with Crippen molar-refractivity contribution in [2.75, 3.05) is 31.1 Å². The molecule has 2 aliphatic rings. The van der Waals surface area contributed by atoms with Gasteiger partial charge in [-0.25, -0.2) is 4.79 Å². The largest absolute Gasteiger partial charge is 0.368 e. The summed E-state index contributed by atoms with van der Waals surface area (Å²) in [6.45, 7) is 6.95. The second kappa shape index (κ2) is 7.89. The van der Waals surface area contributed by atoms with E-state index in [9.17, 15) is 9.59 Å². The van der Waals surface area contributed by atoms with Crippen molar-refractivity contribution >= 4 is 17.5 Å². The molecule has 0 unspecified atom stereocenters. The molecule has 1 saturated heterocycles. The second-order valence-electron chi connectivity index (χ2n) is 7.39. The van der Waals surface area contributed by atoms with Crippen molar-refractivity contribution in [3.8, 4) is 0 Å². The number of carbonyl (C=O) groups is 2. The smallest absolute Gasteiger partial charge is 0.317 e. The first-order valence-corrected chi connectivity index (χ1v) is 9.46. The summed E-state index contributed by atoms with van der Waals surface area (Å²) < 4.78 is 0. The third-order valence-electron chi connectivity index (χ3n) is 5.63. The molecule has 136 valence electrons. The molecule has 2 amide bonds. The van der Waals surface area contributed by atoms with Crippen molar-refractivity contribution in [2.24, 2.45) is 5.92 Å². The molecule has 1 aromatic rings. The van der Waals surface area contributed by atoms with Gasteiger partial charge >= 0.3 is 6.03 Å². The fraction of sp³-hybridized carbons (Fsp3) is 0.600. The number of benzene rings is 1. The summed E-state index contributed by atoms with van der Waals surface area (Å²) in [5, 5.41) is 3.24. The highest BCUT2D eigenvalue weighted by Crippen LogP contribution is 2.24. The highest BCUT2D eigenvalue weighted by molar-refractivity contribution is 5.94. The van der Waals surface area contributed by atoms with E-state index in [1.54, 1.807) is 6.92 Å². The third kappa shape index (κ3) is 4.33. The van der Waals surface area contributed by atoms with Crippen molar-refractivity contribution in [1.82, 2.24) is 10.2 Å². The molecular formula is C20H29N3O2. The Morgan fingerprint density at radius 3 is 2.24 bits per heavy atom. The predicted molar refractivity (Wildman–Crippen MR) is 100 cm³/mol. The van der Waals surface area contributed by atoms with E-state index in [1.807, 2.05) is 29.2 Å². The van der Waals surface area contributed by atoms with Gasteiger partial charge in [-0.05, 0) is 49.9 Å². The van der Waals surface area contributed by atoms with E-state index < -0.39 is 0 Å². The zero-order valence-corrected chi connectivity index (χ0v) is 15.3. The van der Waals surface area contributed by atoms with Crippen LogP contribution in [-0.4, -0.2) is 48.9 Å². The van der Waals surface area contributed by atoms with Gasteiger partial charge in [-0.15, -0.1) is 0 Å². The van der Waals surface area contributed by atoms with Crippen molar-refractivity contribution < 1.29 is 9.59 Å². The highest BCUT2D eigenvalue weighted by Gasteiger charge is 2.27. The van der Waals surface area contributed by atoms with Gasteiger partial charge in [0.2, 0.25) is 0 Å². The second-order valence-corrected chi connectivity index (χ2v) is 7.39. The number of anilines is 1. The lowest BCUT2D eigenvalue weighted by Gasteiger charge is -2.38. The van der Waals surface area contributed by atoms with E-state index in [0.29, 0.717) is 12.0 Å². The molecule has 5 nitrogen and oxygen atoms in total. The first kappa shape index (κ1) is 17.8. The number of piperazine rings is 1. The van der Waals surface area contributed by atoms with Crippen molar-refractivity contribution in [2.45, 2.75) is 45.6 Å². The quantitative estimate of drug-likeness (QED) is 0.857. The van der Waals surface area contributed by atoms with Gasteiger partial charge in [-0.2, -0.15) is 0 Å². The van der Waals surface area contributed by atoms with Crippen molar-refractivity contribution in [3.63, 3.8) is 0 Å². The lowest BCUT2D eigenvalue weighted by atomic mass is 9.86. The number of urea groups is 1. The topological polar surface area (TPSA) is 52.7 Å². The maximum absolute atomic E-state index is 12.5. The summed E-state index contributed by atoms with van der Waals surface area (Å²) in [7, 11) is 0. The number of amides is 2. The zero-order valence-electron chi connectivity index (χ0n) is 15.3. The van der Waals surface area contributed by atoms with Gasteiger partial charge in [-0.3, -0.25) is 4.79 Å². The number of carbonyl (C=O) groups excluding carboxylic acids is 2. The first-order valence-electron chi connectivity index (χ1n) is 9.46. The zero-order chi connectivity index (χ0) is 17.8. The highest BCUT2D eigenvalue weighted by atomic mass is 16.2. The summed E-state index contributed by atoms with van der Waals surface area (Å²) in [4.78, 5) is 28.1. The van der Waals surface area contributed by atoms with Crippen LogP contribution in [0.4, 0.5) is 10.5 Å². The number of hydrogen-bond donors (Lipinski definition) is 1. The Balaban J connectivity index is 1.51. The summed E-state index contributed by atoms with van der Waals surface area (Å²) in [5.74, 6) is 0.670. The average Bonchev–Trinajstić information content (AvgIpc) is 2.64. The molecule has 0 aromatic heterocycles. The van der Waals surface area contributed by atoms with Crippen LogP contribution in [0.5, 0.6) is 0 Å². The maximum atomic E-state index is 12.5. The Bertz CT molecular complexity index is 606. The van der Waals surface area contributed by atoms with Gasteiger partial charge in [0.25, 0.3) is 0 Å². The molecule has 1 aliphatic carbocycles. The van der Waals surface area contributed by atoms with Gasteiger partial charge in [0.05, 0.1) is 0 Å². The molecule has 2 fully saturated rings. The Kier molecular flexibility index (Phi) is 5.61. The summed E-state index contributed by atoms with van der Waals surface area (Å²) in [6, 6.07) is 8.16. The predicted octanol–water partition coefficient (Wildman–Crippen LogP) is 3.30. The Hall–Kier alpha value is -2.04. The summed E-state index contributed by atoms with van der Waals surface area (Å²) >= 11 is 0. The molecule has 3 rings (SSSR count). The average molecular weight is 343 g/mol. The van der Waals surface area contributed by atoms with Crippen LogP contribution in [0.15, 0.2) is 24.3 Å². The number of Topliss-reactive ketones (excluding diaryl/α,β-unsaturated/α-hetero) is 1. The van der Waals surface area contributed by atoms with E-state index in [-0.39, 0.29) is 11.8 Å². The van der Waals surface area contributed by atoms with E-state index in [0.717, 1.165) is 43.9 Å². The van der Waals surface area contributed by atoms with E-state index in [4.69, 9.17) is 0 Å². The van der Waals surface area contributed by atoms with E-state index in [2.05, 4.69) is 17.1 Å². The van der Waals surface area contributed by atoms with Crippen LogP contribution in [0.1, 0.15) is 49.9 Å². The number of ketones is 1. The fourth-order valence-electron chi connectivity index (χ4n) is 3.86. The molecule has 1 N–H and O–H groups in total. The minimum absolute atomic E-state index is 0.0879. The summed E-state index contributed by atoms with van der Waals surface area (Å²) in [5.41, 5.74) is 1.86. The fourth-order valence-corrected chi connectivity index (χ4v) is 3.86. The molecule has 1 aromatic carbocycles. The molecule has 1 aliphatic heterocycles. The van der Waals surface area contributed by atoms with Gasteiger partial charge in [-0.1, -0.05) is 19.8 Å². The SMILES string of the molecule is CC(=O)c1ccc(N2CCN(C(=O)N[C@@H]3CCCC[C@@H]3C)CC2)cc1. The molecular weight excluding hydrogens is 314 g/mol. The maximum Gasteiger partial charge on any atom is 0.317 e.